The predicted molar refractivity (Wildman–Crippen MR) is 209 cm³/mol. The summed E-state index contributed by atoms with van der Waals surface area (Å²) in [6, 6.07) is 12.3. The number of nitrogens with one attached hydrogen (secondary N) is 2. The first-order valence-corrected chi connectivity index (χ1v) is 19.0. The van der Waals surface area contributed by atoms with E-state index in [-0.39, 0.29) is 35.6 Å². The molecule has 0 spiro atoms. The van der Waals surface area contributed by atoms with Gasteiger partial charge >= 0.3 is 0 Å². The molecule has 15 heteroatoms. The second-order valence-corrected chi connectivity index (χ2v) is 15.0. The summed E-state index contributed by atoms with van der Waals surface area (Å²) in [5.74, 6) is -1.60. The number of halogens is 3. The maximum absolute atomic E-state index is 15.4. The van der Waals surface area contributed by atoms with Crippen LogP contribution in [0, 0.1) is 12.7 Å². The Morgan fingerprint density at radius 1 is 0.965 bits per heavy atom. The van der Waals surface area contributed by atoms with Crippen LogP contribution in [0.3, 0.4) is 0 Å². The SMILES string of the molecule is COc1cc(N2CCCc3cc(-c4cnn(C5CCN(c6ccc(C(=O)NC7CCC(=O)NC7=O)cc6F)CC5)c4)c(C(F)F)cc32)c2cc(C)c(=O)n(C)c2c1. The number of hydrogen-bond donors (Lipinski definition) is 2. The van der Waals surface area contributed by atoms with Crippen molar-refractivity contribution in [3.63, 3.8) is 0 Å². The van der Waals surface area contributed by atoms with Crippen molar-refractivity contribution in [3.8, 4) is 16.9 Å². The fourth-order valence-corrected chi connectivity index (χ4v) is 8.37. The molecule has 2 N–H and O–H groups in total. The fraction of sp³-hybridized carbons (Fsp3) is 0.357. The Morgan fingerprint density at radius 3 is 2.47 bits per heavy atom. The zero-order valence-corrected chi connectivity index (χ0v) is 31.8. The molecule has 1 unspecified atom stereocenters. The Bertz CT molecular complexity index is 2490. The standard InChI is InChI=1S/C42H42F3N7O5/c1-23-15-31-36(49(2)42(23)56)18-28(57-3)19-37(31)51-12-4-5-24-16-29(30(39(44)45)20-35(24)51)26-21-46-52(22-26)27-10-13-50(14-11-27)34-8-6-25(17-32(34)43)40(54)47-33-7-9-38(53)48-41(33)55/h6,8,15-22,27,33,39H,4-5,7,9-14H2,1-3H3,(H,47,54)(H,48,53,55). The number of nitrogens with zero attached hydrogens (tertiary/aromatic N) is 5. The number of hydrogen-bond acceptors (Lipinski definition) is 8. The van der Waals surface area contributed by atoms with Crippen molar-refractivity contribution in [2.24, 2.45) is 7.05 Å². The molecule has 3 aliphatic rings. The van der Waals surface area contributed by atoms with Crippen LogP contribution in [0.5, 0.6) is 5.75 Å². The number of carbonyl (C=O) groups is 3. The van der Waals surface area contributed by atoms with Crippen molar-refractivity contribution in [1.82, 2.24) is 25.0 Å². The Morgan fingerprint density at radius 2 is 1.75 bits per heavy atom. The molecule has 3 aliphatic heterocycles. The molecule has 3 amide bonds. The topological polar surface area (TPSA) is 131 Å². The lowest BCUT2D eigenvalue weighted by Crippen LogP contribution is -2.52. The van der Waals surface area contributed by atoms with Gasteiger partial charge in [0.1, 0.15) is 17.6 Å². The number of aryl methyl sites for hydroxylation is 3. The number of benzene rings is 3. The molecule has 5 aromatic rings. The Labute approximate surface area is 326 Å². The molecule has 2 aromatic heterocycles. The van der Waals surface area contributed by atoms with E-state index in [9.17, 15) is 28.0 Å². The van der Waals surface area contributed by atoms with Gasteiger partial charge in [-0.15, -0.1) is 0 Å². The molecule has 12 nitrogen and oxygen atoms in total. The van der Waals surface area contributed by atoms with Gasteiger partial charge in [0.25, 0.3) is 17.9 Å². The van der Waals surface area contributed by atoms with Gasteiger partial charge in [-0.05, 0) is 86.6 Å². The second-order valence-electron chi connectivity index (χ2n) is 15.0. The number of piperidine rings is 2. The van der Waals surface area contributed by atoms with Crippen LogP contribution in [-0.4, -0.2) is 64.9 Å². The highest BCUT2D eigenvalue weighted by Crippen LogP contribution is 2.44. The van der Waals surface area contributed by atoms with Crippen molar-refractivity contribution >= 4 is 45.7 Å². The molecule has 2 saturated heterocycles. The third-order valence-electron chi connectivity index (χ3n) is 11.5. The number of methoxy groups -OCH3 is 1. The second kappa shape index (κ2) is 15.1. The monoisotopic (exact) mass is 781 g/mol. The maximum atomic E-state index is 15.4. The molecule has 1 atom stereocenters. The van der Waals surface area contributed by atoms with Crippen molar-refractivity contribution in [1.29, 1.82) is 0 Å². The molecule has 0 saturated carbocycles. The van der Waals surface area contributed by atoms with Gasteiger partial charge < -0.3 is 24.4 Å². The van der Waals surface area contributed by atoms with E-state index in [0.717, 1.165) is 29.1 Å². The number of aromatic nitrogens is 3. The quantitative estimate of drug-likeness (QED) is 0.177. The summed E-state index contributed by atoms with van der Waals surface area (Å²) in [6.45, 7) is 3.37. The Hall–Kier alpha value is -6.12. The number of ether oxygens (including phenoxy) is 1. The van der Waals surface area contributed by atoms with Crippen LogP contribution in [0.4, 0.5) is 30.2 Å². The van der Waals surface area contributed by atoms with E-state index in [2.05, 4.69) is 15.7 Å². The van der Waals surface area contributed by atoms with E-state index >= 15 is 4.39 Å². The lowest BCUT2D eigenvalue weighted by Gasteiger charge is -2.34. The number of imide groups is 1. The average Bonchev–Trinajstić information content (AvgIpc) is 3.70. The minimum absolute atomic E-state index is 0.0412. The van der Waals surface area contributed by atoms with Crippen LogP contribution in [0.2, 0.25) is 0 Å². The minimum atomic E-state index is -2.75. The third kappa shape index (κ3) is 7.10. The molecule has 296 valence electrons. The number of carbonyl (C=O) groups excluding carboxylic acids is 3. The maximum Gasteiger partial charge on any atom is 0.264 e. The van der Waals surface area contributed by atoms with Gasteiger partial charge in [-0.25, -0.2) is 13.2 Å². The van der Waals surface area contributed by atoms with Gasteiger partial charge in [0.2, 0.25) is 11.8 Å². The van der Waals surface area contributed by atoms with E-state index in [1.165, 1.54) is 6.07 Å². The van der Waals surface area contributed by atoms with Crippen LogP contribution in [0.25, 0.3) is 22.0 Å². The highest BCUT2D eigenvalue weighted by atomic mass is 19.3. The molecular weight excluding hydrogens is 740 g/mol. The zero-order chi connectivity index (χ0) is 40.1. The van der Waals surface area contributed by atoms with Crippen molar-refractivity contribution in [2.75, 3.05) is 36.5 Å². The average molecular weight is 782 g/mol. The zero-order valence-electron chi connectivity index (χ0n) is 31.8. The summed E-state index contributed by atoms with van der Waals surface area (Å²) < 4.78 is 54.3. The number of fused-ring (bicyclic) bond motifs is 2. The summed E-state index contributed by atoms with van der Waals surface area (Å²) in [7, 11) is 3.27. The van der Waals surface area contributed by atoms with Gasteiger partial charge in [0, 0.05) is 84.8 Å². The summed E-state index contributed by atoms with van der Waals surface area (Å²) in [4.78, 5) is 53.0. The first-order valence-electron chi connectivity index (χ1n) is 19.0. The summed E-state index contributed by atoms with van der Waals surface area (Å²) in [5.41, 5.74) is 4.87. The largest absolute Gasteiger partial charge is 0.497 e. The molecule has 3 aromatic carbocycles. The van der Waals surface area contributed by atoms with Crippen LogP contribution >= 0.6 is 0 Å². The van der Waals surface area contributed by atoms with E-state index in [1.807, 2.05) is 40.3 Å². The normalized spacial score (nSPS) is 17.6. The van der Waals surface area contributed by atoms with Crippen molar-refractivity contribution < 1.29 is 32.3 Å². The minimum Gasteiger partial charge on any atom is -0.497 e. The lowest BCUT2D eigenvalue weighted by atomic mass is 9.92. The molecule has 5 heterocycles. The van der Waals surface area contributed by atoms with E-state index in [0.29, 0.717) is 78.2 Å². The van der Waals surface area contributed by atoms with Gasteiger partial charge in [-0.2, -0.15) is 5.10 Å². The van der Waals surface area contributed by atoms with E-state index < -0.39 is 36.0 Å². The highest BCUT2D eigenvalue weighted by Gasteiger charge is 2.30. The first-order chi connectivity index (χ1) is 27.4. The molecule has 0 radical (unpaired) electrons. The van der Waals surface area contributed by atoms with Crippen LogP contribution in [0.1, 0.15) is 71.6 Å². The number of amides is 3. The van der Waals surface area contributed by atoms with E-state index in [1.54, 1.807) is 48.7 Å². The van der Waals surface area contributed by atoms with Crippen LogP contribution in [0.15, 0.2) is 65.7 Å². The van der Waals surface area contributed by atoms with Crippen molar-refractivity contribution in [3.05, 3.63) is 99.3 Å². The van der Waals surface area contributed by atoms with Crippen LogP contribution < -0.4 is 30.7 Å². The fourth-order valence-electron chi connectivity index (χ4n) is 8.37. The van der Waals surface area contributed by atoms with Gasteiger partial charge in [-0.1, -0.05) is 0 Å². The van der Waals surface area contributed by atoms with Crippen LogP contribution in [-0.2, 0) is 23.1 Å². The van der Waals surface area contributed by atoms with E-state index in [4.69, 9.17) is 4.74 Å². The molecular formula is C42H42F3N7O5. The first kappa shape index (κ1) is 37.8. The lowest BCUT2D eigenvalue weighted by molar-refractivity contribution is -0.134. The summed E-state index contributed by atoms with van der Waals surface area (Å²) >= 11 is 0. The number of rotatable bonds is 8. The number of alkyl halides is 2. The van der Waals surface area contributed by atoms with Gasteiger partial charge in [0.05, 0.1) is 36.2 Å². The third-order valence-corrected chi connectivity index (χ3v) is 11.5. The molecule has 0 bridgehead atoms. The molecule has 0 aliphatic carbocycles. The van der Waals surface area contributed by atoms with Gasteiger partial charge in [-0.3, -0.25) is 29.2 Å². The number of anilines is 3. The molecule has 2 fully saturated rings. The van der Waals surface area contributed by atoms with Crippen molar-refractivity contribution in [2.45, 2.75) is 64.0 Å². The summed E-state index contributed by atoms with van der Waals surface area (Å²) in [6.07, 6.45) is 3.71. The Balaban J connectivity index is 0.999. The predicted octanol–water partition coefficient (Wildman–Crippen LogP) is 6.26. The molecule has 8 rings (SSSR count). The number of pyridine rings is 1. The molecule has 57 heavy (non-hydrogen) atoms. The Kier molecular flexibility index (Phi) is 10.0. The highest BCUT2D eigenvalue weighted by molar-refractivity contribution is 6.04. The van der Waals surface area contributed by atoms with Gasteiger partial charge in [0.15, 0.2) is 0 Å². The summed E-state index contributed by atoms with van der Waals surface area (Å²) in [5, 5.41) is 10.2. The smallest absolute Gasteiger partial charge is 0.264 e.